The van der Waals surface area contributed by atoms with Crippen LogP contribution in [0.1, 0.15) is 54.5 Å². The maximum Gasteiger partial charge on any atom is 0.314 e. The maximum absolute atomic E-state index is 14.1. The summed E-state index contributed by atoms with van der Waals surface area (Å²) in [6.07, 6.45) is 6.11. The third-order valence-corrected chi connectivity index (χ3v) is 8.33. The molecule has 2 aliphatic heterocycles. The van der Waals surface area contributed by atoms with Crippen LogP contribution in [0.15, 0.2) is 34.4 Å². The molecule has 5 rings (SSSR count). The fourth-order valence-electron chi connectivity index (χ4n) is 5.76. The van der Waals surface area contributed by atoms with E-state index in [2.05, 4.69) is 20.9 Å². The molecule has 1 aromatic carbocycles. The Labute approximate surface area is 218 Å². The first-order valence-corrected chi connectivity index (χ1v) is 13.3. The van der Waals surface area contributed by atoms with E-state index in [1.807, 2.05) is 4.90 Å². The molecular weight excluding hydrogens is 527 g/mol. The van der Waals surface area contributed by atoms with Crippen LogP contribution in [-0.4, -0.2) is 58.0 Å². The number of hydrogen-bond donors (Lipinski definition) is 2. The minimum absolute atomic E-state index is 0.157. The van der Waals surface area contributed by atoms with Crippen molar-refractivity contribution in [3.05, 3.63) is 62.6 Å². The zero-order valence-electron chi connectivity index (χ0n) is 20.1. The largest absolute Gasteiger partial charge is 0.508 e. The predicted octanol–water partition coefficient (Wildman–Crippen LogP) is 4.39. The topological polar surface area (TPSA) is 99.8 Å². The third kappa shape index (κ3) is 4.98. The van der Waals surface area contributed by atoms with Crippen LogP contribution < -0.4 is 5.73 Å². The quantitative estimate of drug-likeness (QED) is 0.572. The highest BCUT2D eigenvalue weighted by atomic mass is 79.9. The number of carbonyl (C=O) groups excluding carboxylic acids is 2. The van der Waals surface area contributed by atoms with Crippen molar-refractivity contribution in [2.24, 2.45) is 11.7 Å². The molecule has 1 aliphatic carbocycles. The van der Waals surface area contributed by atoms with Crippen LogP contribution in [-0.2, 0) is 17.6 Å². The lowest BCUT2D eigenvalue weighted by Gasteiger charge is -2.34. The van der Waals surface area contributed by atoms with E-state index in [-0.39, 0.29) is 23.4 Å². The maximum atomic E-state index is 14.1. The second-order valence-electron chi connectivity index (χ2n) is 9.96. The third-order valence-electron chi connectivity index (χ3n) is 7.70. The Bertz CT molecular complexity index is 1230. The normalized spacial score (nSPS) is 18.5. The van der Waals surface area contributed by atoms with Gasteiger partial charge in [0.1, 0.15) is 11.6 Å². The van der Waals surface area contributed by atoms with Gasteiger partial charge in [-0.1, -0.05) is 21.5 Å². The number of rotatable bonds is 2. The molecule has 2 fully saturated rings. The van der Waals surface area contributed by atoms with Gasteiger partial charge >= 0.3 is 6.03 Å². The molecule has 2 aromatic rings. The molecule has 1 aromatic heterocycles. The minimum atomic E-state index is -0.392. The Morgan fingerprint density at radius 2 is 1.72 bits per heavy atom. The van der Waals surface area contributed by atoms with Crippen molar-refractivity contribution in [2.75, 3.05) is 26.2 Å². The van der Waals surface area contributed by atoms with Crippen LogP contribution in [0, 0.1) is 11.7 Å². The highest BCUT2D eigenvalue weighted by molar-refractivity contribution is 9.10. The fourth-order valence-corrected chi connectivity index (χ4v) is 6.45. The van der Waals surface area contributed by atoms with E-state index in [1.54, 1.807) is 23.1 Å². The molecule has 3 amide bonds. The first kappa shape index (κ1) is 24.7. The van der Waals surface area contributed by atoms with Gasteiger partial charge in [0.05, 0.1) is 11.9 Å². The average Bonchev–Trinajstić information content (AvgIpc) is 3.01. The first-order valence-electron chi connectivity index (χ1n) is 12.5. The Balaban J connectivity index is 1.37. The molecule has 36 heavy (non-hydrogen) atoms. The number of urea groups is 1. The molecule has 7 nitrogen and oxygen atoms in total. The van der Waals surface area contributed by atoms with Gasteiger partial charge in [-0.05, 0) is 73.8 Å². The van der Waals surface area contributed by atoms with Gasteiger partial charge in [0.2, 0.25) is 5.91 Å². The summed E-state index contributed by atoms with van der Waals surface area (Å²) < 4.78 is 14.9. The molecule has 0 saturated carbocycles. The van der Waals surface area contributed by atoms with Crippen LogP contribution in [0.4, 0.5) is 9.18 Å². The molecule has 3 N–H and O–H groups in total. The van der Waals surface area contributed by atoms with Crippen molar-refractivity contribution in [1.82, 2.24) is 14.8 Å². The van der Waals surface area contributed by atoms with Crippen molar-refractivity contribution in [3.63, 3.8) is 0 Å². The molecule has 2 saturated heterocycles. The second-order valence-corrected chi connectivity index (χ2v) is 10.8. The number of aromatic nitrogens is 1. The summed E-state index contributed by atoms with van der Waals surface area (Å²) in [5, 5.41) is 10.2. The van der Waals surface area contributed by atoms with E-state index >= 15 is 0 Å². The van der Waals surface area contributed by atoms with E-state index < -0.39 is 6.03 Å². The molecule has 3 aliphatic rings. The lowest BCUT2D eigenvalue weighted by atomic mass is 9.88. The number of hydrogen-bond acceptors (Lipinski definition) is 4. The van der Waals surface area contributed by atoms with Gasteiger partial charge in [0.15, 0.2) is 0 Å². The number of likely N-dealkylation sites (tertiary alicyclic amines) is 2. The number of phenols is 1. The van der Waals surface area contributed by atoms with Gasteiger partial charge in [-0.3, -0.25) is 9.78 Å². The lowest BCUT2D eigenvalue weighted by molar-refractivity contribution is -0.132. The summed E-state index contributed by atoms with van der Waals surface area (Å²) in [6.45, 7) is 2.47. The van der Waals surface area contributed by atoms with Gasteiger partial charge in [-0.25, -0.2) is 9.18 Å². The molecule has 3 heterocycles. The van der Waals surface area contributed by atoms with Crippen LogP contribution >= 0.6 is 15.9 Å². The van der Waals surface area contributed by atoms with Crippen LogP contribution in [0.25, 0.3) is 5.57 Å². The fraction of sp³-hybridized carbons (Fsp3) is 0.444. The number of pyridine rings is 1. The van der Waals surface area contributed by atoms with Gasteiger partial charge in [0.25, 0.3) is 0 Å². The predicted molar refractivity (Wildman–Crippen MR) is 138 cm³/mol. The van der Waals surface area contributed by atoms with Crippen molar-refractivity contribution in [3.8, 4) is 5.75 Å². The molecule has 0 atom stereocenters. The lowest BCUT2D eigenvalue weighted by Crippen LogP contribution is -2.43. The first-order chi connectivity index (χ1) is 17.3. The second kappa shape index (κ2) is 10.2. The van der Waals surface area contributed by atoms with Gasteiger partial charge in [-0.15, -0.1) is 0 Å². The molecule has 9 heteroatoms. The summed E-state index contributed by atoms with van der Waals surface area (Å²) in [5.41, 5.74) is 11.2. The number of piperidine rings is 2. The van der Waals surface area contributed by atoms with Crippen molar-refractivity contribution in [1.29, 1.82) is 0 Å². The standard InChI is InChI=1S/C27H30BrFN4O3/c28-22-14-21(34)13-18-1-2-19-12-20(29)15-31-26(19)25(24(18)22)17-5-9-32(10-6-17)23(35)11-16-3-7-33(8-4-16)27(30)36/h12-16,34H,1-11H2,(H2,30,36). The SMILES string of the molecule is NC(=O)N1CCC(CC(=O)N2CCC(=C3c4ncc(F)cc4CCc4cc(O)cc(Br)c43)CC2)CC1. The molecular formula is C27H30BrFN4O3. The Kier molecular flexibility index (Phi) is 7.01. The Morgan fingerprint density at radius 3 is 2.42 bits per heavy atom. The van der Waals surface area contributed by atoms with E-state index in [0.717, 1.165) is 45.3 Å². The number of phenolic OH excluding ortho intramolecular Hbond substituents is 1. The Hall–Kier alpha value is -2.94. The number of halogens is 2. The van der Waals surface area contributed by atoms with Crippen LogP contribution in [0.2, 0.25) is 0 Å². The molecule has 190 valence electrons. The monoisotopic (exact) mass is 556 g/mol. The molecule has 0 unspecified atom stereocenters. The van der Waals surface area contributed by atoms with Crippen molar-refractivity contribution < 1.29 is 19.1 Å². The van der Waals surface area contributed by atoms with Crippen molar-refractivity contribution in [2.45, 2.75) is 44.9 Å². The Morgan fingerprint density at radius 1 is 1.03 bits per heavy atom. The molecule has 0 spiro atoms. The number of nitrogens with two attached hydrogens (primary N) is 1. The number of primary amides is 1. The number of fused-ring (bicyclic) bond motifs is 2. The summed E-state index contributed by atoms with van der Waals surface area (Å²) >= 11 is 3.65. The highest BCUT2D eigenvalue weighted by Crippen LogP contribution is 2.42. The van der Waals surface area contributed by atoms with E-state index in [9.17, 15) is 19.1 Å². The average molecular weight is 557 g/mol. The van der Waals surface area contributed by atoms with Crippen molar-refractivity contribution >= 4 is 33.4 Å². The molecule has 0 radical (unpaired) electrons. The summed E-state index contributed by atoms with van der Waals surface area (Å²) in [6, 6.07) is 4.64. The summed E-state index contributed by atoms with van der Waals surface area (Å²) in [4.78, 5) is 32.5. The molecule has 0 bridgehead atoms. The minimum Gasteiger partial charge on any atom is -0.508 e. The van der Waals surface area contributed by atoms with Gasteiger partial charge < -0.3 is 20.6 Å². The zero-order chi connectivity index (χ0) is 25.4. The number of benzene rings is 1. The number of aryl methyl sites for hydroxylation is 2. The number of carbonyl (C=O) groups is 2. The smallest absolute Gasteiger partial charge is 0.314 e. The highest BCUT2D eigenvalue weighted by Gasteiger charge is 2.30. The zero-order valence-corrected chi connectivity index (χ0v) is 21.7. The summed E-state index contributed by atoms with van der Waals surface area (Å²) in [7, 11) is 0. The number of nitrogens with zero attached hydrogens (tertiary/aromatic N) is 3. The van der Waals surface area contributed by atoms with Gasteiger partial charge in [-0.2, -0.15) is 0 Å². The number of aromatic hydroxyl groups is 1. The summed E-state index contributed by atoms with van der Waals surface area (Å²) in [5.74, 6) is 0.269. The van der Waals surface area contributed by atoms with E-state index in [0.29, 0.717) is 58.3 Å². The van der Waals surface area contributed by atoms with E-state index in [4.69, 9.17) is 5.73 Å². The number of amides is 3. The van der Waals surface area contributed by atoms with E-state index in [1.165, 1.54) is 11.8 Å². The van der Waals surface area contributed by atoms with Gasteiger partial charge in [0, 0.05) is 48.2 Å². The van der Waals surface area contributed by atoms with Crippen LogP contribution in [0.3, 0.4) is 0 Å². The van der Waals surface area contributed by atoms with Crippen LogP contribution in [0.5, 0.6) is 5.75 Å².